The van der Waals surface area contributed by atoms with E-state index in [4.69, 9.17) is 16.3 Å². The number of carbonyl (C=O) groups excluding carboxylic acids is 1. The van der Waals surface area contributed by atoms with E-state index in [1.165, 1.54) is 25.7 Å². The predicted molar refractivity (Wildman–Crippen MR) is 50.9 cm³/mol. The van der Waals surface area contributed by atoms with Crippen LogP contribution in [0.1, 0.15) is 44.9 Å². The van der Waals surface area contributed by atoms with Crippen molar-refractivity contribution in [3.05, 3.63) is 0 Å². The van der Waals surface area contributed by atoms with Crippen LogP contribution in [0.4, 0.5) is 4.79 Å². The third-order valence-corrected chi connectivity index (χ3v) is 3.52. The van der Waals surface area contributed by atoms with Crippen molar-refractivity contribution in [2.75, 3.05) is 0 Å². The zero-order valence-electron chi connectivity index (χ0n) is 7.72. The molecule has 2 rings (SSSR count). The molecule has 0 aromatic heterocycles. The number of halogens is 1. The van der Waals surface area contributed by atoms with Crippen LogP contribution in [0, 0.1) is 5.92 Å². The Morgan fingerprint density at radius 1 is 1.31 bits per heavy atom. The molecule has 2 saturated carbocycles. The van der Waals surface area contributed by atoms with Crippen molar-refractivity contribution >= 4 is 17.0 Å². The minimum atomic E-state index is -0.623. The summed E-state index contributed by atoms with van der Waals surface area (Å²) < 4.78 is 5.28. The molecule has 0 radical (unpaired) electrons. The molecule has 2 bridgehead atoms. The van der Waals surface area contributed by atoms with Crippen molar-refractivity contribution < 1.29 is 9.53 Å². The first kappa shape index (κ1) is 9.32. The second kappa shape index (κ2) is 3.49. The molecule has 0 aromatic carbocycles. The lowest BCUT2D eigenvalue weighted by atomic mass is 9.69. The fourth-order valence-corrected chi connectivity index (χ4v) is 3.11. The molecule has 2 nitrogen and oxygen atoms in total. The average Bonchev–Trinajstić information content (AvgIpc) is 2.02. The van der Waals surface area contributed by atoms with Gasteiger partial charge in [0, 0.05) is 11.6 Å². The Kier molecular flexibility index (Phi) is 2.50. The molecule has 0 heterocycles. The normalized spacial score (nSPS) is 38.4. The Bertz CT molecular complexity index is 205. The molecule has 0 unspecified atom stereocenters. The standard InChI is InChI=1S/C10H15ClO2/c11-9(12)13-10-5-1-3-8(7-10)4-2-6-10/h8H,1-7H2. The van der Waals surface area contributed by atoms with E-state index in [-0.39, 0.29) is 5.60 Å². The molecular formula is C10H15ClO2. The monoisotopic (exact) mass is 202 g/mol. The van der Waals surface area contributed by atoms with E-state index >= 15 is 0 Å². The highest BCUT2D eigenvalue weighted by molar-refractivity contribution is 6.61. The Morgan fingerprint density at radius 3 is 2.46 bits per heavy atom. The van der Waals surface area contributed by atoms with Gasteiger partial charge in [0.25, 0.3) is 0 Å². The number of hydrogen-bond donors (Lipinski definition) is 0. The fraction of sp³-hybridized carbons (Fsp3) is 0.900. The first-order valence-corrected chi connectivity index (χ1v) is 5.46. The highest BCUT2D eigenvalue weighted by atomic mass is 35.5. The smallest absolute Gasteiger partial charge is 0.404 e. The fourth-order valence-electron chi connectivity index (χ4n) is 2.94. The summed E-state index contributed by atoms with van der Waals surface area (Å²) in [4.78, 5) is 10.8. The minimum Gasteiger partial charge on any atom is -0.447 e. The third kappa shape index (κ3) is 1.98. The molecule has 0 atom stereocenters. The molecule has 2 aliphatic rings. The summed E-state index contributed by atoms with van der Waals surface area (Å²) in [6, 6.07) is 0. The van der Waals surface area contributed by atoms with Gasteiger partial charge in [-0.25, -0.2) is 4.79 Å². The van der Waals surface area contributed by atoms with E-state index in [9.17, 15) is 4.79 Å². The van der Waals surface area contributed by atoms with Crippen molar-refractivity contribution in [1.29, 1.82) is 0 Å². The molecule has 2 fully saturated rings. The predicted octanol–water partition coefficient (Wildman–Crippen LogP) is 3.47. The maximum Gasteiger partial charge on any atom is 0.404 e. The Hall–Kier alpha value is -0.240. The van der Waals surface area contributed by atoms with E-state index in [2.05, 4.69) is 0 Å². The van der Waals surface area contributed by atoms with Crippen molar-refractivity contribution in [1.82, 2.24) is 0 Å². The second-order valence-electron chi connectivity index (χ2n) is 4.38. The van der Waals surface area contributed by atoms with Gasteiger partial charge in [0.15, 0.2) is 0 Å². The van der Waals surface area contributed by atoms with Crippen LogP contribution >= 0.6 is 11.6 Å². The van der Waals surface area contributed by atoms with Crippen molar-refractivity contribution in [3.8, 4) is 0 Å². The highest BCUT2D eigenvalue weighted by Gasteiger charge is 2.41. The van der Waals surface area contributed by atoms with Gasteiger partial charge in [-0.3, -0.25) is 0 Å². The van der Waals surface area contributed by atoms with Crippen LogP contribution in [0.5, 0.6) is 0 Å². The molecule has 13 heavy (non-hydrogen) atoms. The zero-order valence-corrected chi connectivity index (χ0v) is 8.48. The summed E-state index contributed by atoms with van der Waals surface area (Å²) in [5.74, 6) is 0.776. The number of ether oxygens (including phenoxy) is 1. The van der Waals surface area contributed by atoms with Crippen LogP contribution in [0.2, 0.25) is 0 Å². The Balaban J connectivity index is 2.05. The maximum absolute atomic E-state index is 10.8. The molecule has 3 heteroatoms. The summed E-state index contributed by atoms with van der Waals surface area (Å²) >= 11 is 5.29. The average molecular weight is 203 g/mol. The van der Waals surface area contributed by atoms with Gasteiger partial charge in [0.05, 0.1) is 0 Å². The molecule has 0 spiro atoms. The van der Waals surface area contributed by atoms with Crippen molar-refractivity contribution in [2.24, 2.45) is 5.92 Å². The van der Waals surface area contributed by atoms with Gasteiger partial charge in [-0.15, -0.1) is 0 Å². The first-order chi connectivity index (χ1) is 6.20. The molecule has 0 saturated heterocycles. The van der Waals surface area contributed by atoms with Crippen molar-refractivity contribution in [3.63, 3.8) is 0 Å². The van der Waals surface area contributed by atoms with Gasteiger partial charge >= 0.3 is 5.43 Å². The molecule has 74 valence electrons. The lowest BCUT2D eigenvalue weighted by Gasteiger charge is -2.43. The van der Waals surface area contributed by atoms with Gasteiger partial charge in [-0.05, 0) is 38.0 Å². The van der Waals surface area contributed by atoms with Gasteiger partial charge in [-0.2, -0.15) is 0 Å². The van der Waals surface area contributed by atoms with E-state index < -0.39 is 5.43 Å². The minimum absolute atomic E-state index is 0.181. The molecule has 0 aliphatic heterocycles. The molecular weight excluding hydrogens is 188 g/mol. The summed E-state index contributed by atoms with van der Waals surface area (Å²) in [7, 11) is 0. The summed E-state index contributed by atoms with van der Waals surface area (Å²) in [6.07, 6.45) is 8.07. The maximum atomic E-state index is 10.8. The van der Waals surface area contributed by atoms with Gasteiger partial charge in [-0.1, -0.05) is 12.8 Å². The summed E-state index contributed by atoms with van der Waals surface area (Å²) in [6.45, 7) is 0. The lowest BCUT2D eigenvalue weighted by molar-refractivity contribution is -0.0485. The number of carbonyl (C=O) groups is 1. The van der Waals surface area contributed by atoms with Gasteiger partial charge in [0.1, 0.15) is 5.60 Å². The largest absolute Gasteiger partial charge is 0.447 e. The van der Waals surface area contributed by atoms with Crippen LogP contribution in [0.15, 0.2) is 0 Å². The van der Waals surface area contributed by atoms with Crippen LogP contribution in [0.3, 0.4) is 0 Å². The van der Waals surface area contributed by atoms with E-state index in [0.717, 1.165) is 25.2 Å². The van der Waals surface area contributed by atoms with E-state index in [1.54, 1.807) is 0 Å². The molecule has 0 aromatic rings. The highest BCUT2D eigenvalue weighted by Crippen LogP contribution is 2.45. The first-order valence-electron chi connectivity index (χ1n) is 5.09. The zero-order chi connectivity index (χ0) is 9.31. The molecule has 0 N–H and O–H groups in total. The second-order valence-corrected chi connectivity index (χ2v) is 4.69. The molecule has 2 aliphatic carbocycles. The van der Waals surface area contributed by atoms with E-state index in [0.29, 0.717) is 0 Å². The van der Waals surface area contributed by atoms with Gasteiger partial charge in [0.2, 0.25) is 0 Å². The van der Waals surface area contributed by atoms with E-state index in [1.807, 2.05) is 0 Å². The van der Waals surface area contributed by atoms with Crippen molar-refractivity contribution in [2.45, 2.75) is 50.5 Å². The number of fused-ring (bicyclic) bond motifs is 2. The van der Waals surface area contributed by atoms with Gasteiger partial charge < -0.3 is 4.74 Å². The Morgan fingerprint density at radius 2 is 1.92 bits per heavy atom. The van der Waals surface area contributed by atoms with Crippen LogP contribution < -0.4 is 0 Å². The van der Waals surface area contributed by atoms with Crippen LogP contribution in [-0.2, 0) is 4.74 Å². The topological polar surface area (TPSA) is 26.3 Å². The quantitative estimate of drug-likeness (QED) is 0.609. The van der Waals surface area contributed by atoms with Crippen LogP contribution in [0.25, 0.3) is 0 Å². The summed E-state index contributed by atoms with van der Waals surface area (Å²) in [5.41, 5.74) is -0.803. The summed E-state index contributed by atoms with van der Waals surface area (Å²) in [5, 5.41) is 0. The molecule has 0 amide bonds. The number of hydrogen-bond acceptors (Lipinski definition) is 2. The lowest BCUT2D eigenvalue weighted by Crippen LogP contribution is -2.42. The van der Waals surface area contributed by atoms with Crippen LogP contribution in [-0.4, -0.2) is 11.0 Å². The SMILES string of the molecule is O=C(Cl)OC12CCCC(CCC1)C2. The Labute approximate surface area is 83.6 Å². The number of rotatable bonds is 1. The third-order valence-electron chi connectivity index (χ3n) is 3.45.